The summed E-state index contributed by atoms with van der Waals surface area (Å²) < 4.78 is 1.85. The molecule has 2 heterocycles. The minimum absolute atomic E-state index is 0.150. The lowest BCUT2D eigenvalue weighted by Crippen LogP contribution is -2.17. The number of nitrogens with zero attached hydrogens (tertiary/aromatic N) is 4. The molecule has 0 aliphatic rings. The van der Waals surface area contributed by atoms with Crippen molar-refractivity contribution in [3.05, 3.63) is 46.7 Å². The Morgan fingerprint density at radius 3 is 2.50 bits per heavy atom. The summed E-state index contributed by atoms with van der Waals surface area (Å²) >= 11 is 6.16. The summed E-state index contributed by atoms with van der Waals surface area (Å²) in [6, 6.07) is 7.45. The van der Waals surface area contributed by atoms with Crippen molar-refractivity contribution in [2.24, 2.45) is 0 Å². The van der Waals surface area contributed by atoms with E-state index in [1.165, 1.54) is 0 Å². The van der Waals surface area contributed by atoms with E-state index < -0.39 is 0 Å². The highest BCUT2D eigenvalue weighted by Crippen LogP contribution is 2.30. The number of rotatable bonds is 5. The molecule has 0 fully saturated rings. The Labute approximate surface area is 170 Å². The van der Waals surface area contributed by atoms with Crippen LogP contribution in [-0.2, 0) is 0 Å². The molecule has 0 aliphatic heterocycles. The molecule has 3 rings (SSSR count). The van der Waals surface area contributed by atoms with E-state index in [1.54, 1.807) is 18.3 Å². The van der Waals surface area contributed by atoms with Gasteiger partial charge in [0.1, 0.15) is 0 Å². The van der Waals surface area contributed by atoms with Crippen LogP contribution < -0.4 is 10.2 Å². The van der Waals surface area contributed by atoms with Gasteiger partial charge in [0.2, 0.25) is 0 Å². The second-order valence-electron chi connectivity index (χ2n) is 7.68. The zero-order valence-corrected chi connectivity index (χ0v) is 17.9. The molecule has 1 N–H and O–H groups in total. The maximum atomic E-state index is 13.2. The van der Waals surface area contributed by atoms with Crippen molar-refractivity contribution in [2.45, 2.75) is 39.7 Å². The summed E-state index contributed by atoms with van der Waals surface area (Å²) in [5, 5.41) is 8.77. The van der Waals surface area contributed by atoms with Gasteiger partial charge in [0.05, 0.1) is 28.5 Å². The van der Waals surface area contributed by atoms with Crippen LogP contribution in [0.25, 0.3) is 11.0 Å². The van der Waals surface area contributed by atoms with E-state index in [0.717, 1.165) is 22.4 Å². The zero-order valence-electron chi connectivity index (χ0n) is 17.1. The van der Waals surface area contributed by atoms with Gasteiger partial charge in [0.15, 0.2) is 5.65 Å². The van der Waals surface area contributed by atoms with Gasteiger partial charge in [0.25, 0.3) is 5.91 Å². The monoisotopic (exact) mass is 399 g/mol. The van der Waals surface area contributed by atoms with Crippen LogP contribution >= 0.6 is 11.6 Å². The molecule has 2 aromatic heterocycles. The summed E-state index contributed by atoms with van der Waals surface area (Å²) in [6.07, 6.45) is 1.71. The largest absolute Gasteiger partial charge is 0.376 e. The van der Waals surface area contributed by atoms with Crippen molar-refractivity contribution < 1.29 is 4.79 Å². The number of fused-ring (bicyclic) bond motifs is 1. The van der Waals surface area contributed by atoms with Gasteiger partial charge in [-0.1, -0.05) is 25.4 Å². The summed E-state index contributed by atoms with van der Waals surface area (Å²) in [7, 11) is 3.85. The van der Waals surface area contributed by atoms with E-state index in [9.17, 15) is 4.79 Å². The fraction of sp³-hybridized carbons (Fsp3) is 0.381. The van der Waals surface area contributed by atoms with E-state index in [1.807, 2.05) is 49.7 Å². The Morgan fingerprint density at radius 1 is 1.18 bits per heavy atom. The first-order chi connectivity index (χ1) is 13.2. The van der Waals surface area contributed by atoms with Crippen molar-refractivity contribution >= 4 is 39.9 Å². The van der Waals surface area contributed by atoms with Gasteiger partial charge in [-0.15, -0.1) is 0 Å². The van der Waals surface area contributed by atoms with Crippen LogP contribution in [0.5, 0.6) is 0 Å². The first kappa shape index (κ1) is 20.1. The summed E-state index contributed by atoms with van der Waals surface area (Å²) in [5.74, 6) is -0.0158. The second kappa shape index (κ2) is 7.80. The van der Waals surface area contributed by atoms with Crippen molar-refractivity contribution in [2.75, 3.05) is 24.3 Å². The number of amides is 1. The maximum absolute atomic E-state index is 13.2. The molecule has 0 bridgehead atoms. The van der Waals surface area contributed by atoms with E-state index in [4.69, 9.17) is 16.6 Å². The molecule has 0 spiro atoms. The molecular formula is C21H26ClN5O. The number of anilines is 2. The van der Waals surface area contributed by atoms with E-state index in [2.05, 4.69) is 24.3 Å². The molecule has 6 nitrogen and oxygen atoms in total. The molecule has 0 saturated heterocycles. The summed E-state index contributed by atoms with van der Waals surface area (Å²) in [6.45, 7) is 8.22. The van der Waals surface area contributed by atoms with Crippen LogP contribution in [0.2, 0.25) is 5.02 Å². The molecule has 0 saturated carbocycles. The molecule has 1 aromatic carbocycles. The average molecular weight is 400 g/mol. The number of aromatic nitrogens is 3. The summed E-state index contributed by atoms with van der Waals surface area (Å²) in [4.78, 5) is 19.9. The zero-order chi connectivity index (χ0) is 20.6. The SMILES string of the molecule is CC(C)c1cc(C(=O)Nc2cc(Cl)ccc2N(C)C)c2cnn(C(C)C)c2n1. The quantitative estimate of drug-likeness (QED) is 0.647. The molecule has 7 heteroatoms. The second-order valence-corrected chi connectivity index (χ2v) is 8.12. The lowest BCUT2D eigenvalue weighted by atomic mass is 10.0. The van der Waals surface area contributed by atoms with E-state index >= 15 is 0 Å². The number of hydrogen-bond acceptors (Lipinski definition) is 4. The molecule has 28 heavy (non-hydrogen) atoms. The standard InChI is InChI=1S/C21H26ClN5O/c1-12(2)17-10-15(16-11-23-27(13(3)4)20(16)24-17)21(28)25-18-9-14(22)7-8-19(18)26(5)6/h7-13H,1-6H3,(H,25,28). The number of carbonyl (C=O) groups is 1. The third kappa shape index (κ3) is 3.83. The molecule has 0 radical (unpaired) electrons. The van der Waals surface area contributed by atoms with Gasteiger partial charge in [-0.3, -0.25) is 4.79 Å². The highest BCUT2D eigenvalue weighted by atomic mass is 35.5. The molecular weight excluding hydrogens is 374 g/mol. The number of hydrogen-bond donors (Lipinski definition) is 1. The topological polar surface area (TPSA) is 63.1 Å². The van der Waals surface area contributed by atoms with Crippen molar-refractivity contribution in [1.29, 1.82) is 0 Å². The number of halogens is 1. The van der Waals surface area contributed by atoms with Gasteiger partial charge >= 0.3 is 0 Å². The third-order valence-electron chi connectivity index (χ3n) is 4.60. The fourth-order valence-corrected chi connectivity index (χ4v) is 3.26. The maximum Gasteiger partial charge on any atom is 0.256 e. The van der Waals surface area contributed by atoms with Crippen LogP contribution in [0, 0.1) is 0 Å². The van der Waals surface area contributed by atoms with Crippen LogP contribution in [0.15, 0.2) is 30.5 Å². The molecule has 0 atom stereocenters. The number of benzene rings is 1. The minimum Gasteiger partial charge on any atom is -0.376 e. The molecule has 0 unspecified atom stereocenters. The number of nitrogens with one attached hydrogen (secondary N) is 1. The van der Waals surface area contributed by atoms with Gasteiger partial charge in [-0.05, 0) is 44.0 Å². The Bertz CT molecular complexity index is 1020. The van der Waals surface area contributed by atoms with Crippen molar-refractivity contribution in [1.82, 2.24) is 14.8 Å². The molecule has 148 valence electrons. The normalized spacial score (nSPS) is 11.5. The van der Waals surface area contributed by atoms with Crippen LogP contribution in [0.3, 0.4) is 0 Å². The summed E-state index contributed by atoms with van der Waals surface area (Å²) in [5.41, 5.74) is 3.69. The fourth-order valence-electron chi connectivity index (χ4n) is 3.09. The highest BCUT2D eigenvalue weighted by molar-refractivity contribution is 6.31. The molecule has 0 aliphatic carbocycles. The first-order valence-electron chi connectivity index (χ1n) is 9.35. The van der Waals surface area contributed by atoms with Gasteiger partial charge in [-0.2, -0.15) is 5.10 Å². The Kier molecular flexibility index (Phi) is 5.61. The third-order valence-corrected chi connectivity index (χ3v) is 4.84. The average Bonchev–Trinajstić information content (AvgIpc) is 3.04. The Balaban J connectivity index is 2.11. The minimum atomic E-state index is -0.206. The van der Waals surface area contributed by atoms with Crippen LogP contribution in [0.1, 0.15) is 55.7 Å². The Morgan fingerprint density at radius 2 is 1.89 bits per heavy atom. The van der Waals surface area contributed by atoms with E-state index in [-0.39, 0.29) is 17.9 Å². The lowest BCUT2D eigenvalue weighted by Gasteiger charge is -2.18. The number of pyridine rings is 1. The van der Waals surface area contributed by atoms with Gasteiger partial charge in [0, 0.05) is 30.9 Å². The van der Waals surface area contributed by atoms with Crippen LogP contribution in [0.4, 0.5) is 11.4 Å². The van der Waals surface area contributed by atoms with Crippen LogP contribution in [-0.4, -0.2) is 34.8 Å². The predicted molar refractivity (Wildman–Crippen MR) is 116 cm³/mol. The molecule has 1 amide bonds. The Hall–Kier alpha value is -2.60. The highest BCUT2D eigenvalue weighted by Gasteiger charge is 2.20. The lowest BCUT2D eigenvalue weighted by molar-refractivity contribution is 0.102. The van der Waals surface area contributed by atoms with Gasteiger partial charge < -0.3 is 10.2 Å². The smallest absolute Gasteiger partial charge is 0.256 e. The predicted octanol–water partition coefficient (Wildman–Crippen LogP) is 5.11. The van der Waals surface area contributed by atoms with Crippen molar-refractivity contribution in [3.63, 3.8) is 0 Å². The first-order valence-corrected chi connectivity index (χ1v) is 9.73. The van der Waals surface area contributed by atoms with Crippen molar-refractivity contribution in [3.8, 4) is 0 Å². The number of carbonyl (C=O) groups excluding carboxylic acids is 1. The van der Waals surface area contributed by atoms with E-state index in [0.29, 0.717) is 16.3 Å². The molecule has 3 aromatic rings. The van der Waals surface area contributed by atoms with Gasteiger partial charge in [-0.25, -0.2) is 9.67 Å².